The van der Waals surface area contributed by atoms with Crippen LogP contribution in [-0.2, 0) is 11.0 Å². The first kappa shape index (κ1) is 15.9. The molecule has 2 aromatic heterocycles. The highest BCUT2D eigenvalue weighted by Crippen LogP contribution is 2.27. The molecule has 3 heterocycles. The molecule has 3 aromatic rings. The second-order valence-corrected chi connectivity index (χ2v) is 6.96. The minimum atomic E-state index is -1.84. The van der Waals surface area contributed by atoms with Gasteiger partial charge in [0.05, 0.1) is 17.3 Å². The summed E-state index contributed by atoms with van der Waals surface area (Å²) in [7, 11) is -1.84. The summed E-state index contributed by atoms with van der Waals surface area (Å²) < 4.78 is 42.7. The monoisotopic (exact) mass is 363 g/mol. The van der Waals surface area contributed by atoms with Crippen LogP contribution >= 0.6 is 0 Å². The third-order valence-corrected chi connectivity index (χ3v) is 5.24. The van der Waals surface area contributed by atoms with E-state index in [0.29, 0.717) is 5.39 Å². The summed E-state index contributed by atoms with van der Waals surface area (Å²) in [4.78, 5) is 5.97. The van der Waals surface area contributed by atoms with Crippen molar-refractivity contribution in [3.8, 4) is 0 Å². The Balaban J connectivity index is 1.63. The van der Waals surface area contributed by atoms with Crippen LogP contribution in [0.2, 0.25) is 0 Å². The van der Waals surface area contributed by atoms with Crippen LogP contribution in [0.3, 0.4) is 0 Å². The number of nitrogens with zero attached hydrogens (tertiary/aromatic N) is 3. The van der Waals surface area contributed by atoms with Crippen LogP contribution in [-0.4, -0.2) is 32.5 Å². The summed E-state index contributed by atoms with van der Waals surface area (Å²) in [6.45, 7) is 1.84. The van der Waals surface area contributed by atoms with E-state index in [1.807, 2.05) is 0 Å². The van der Waals surface area contributed by atoms with Crippen LogP contribution in [0.1, 0.15) is 12.8 Å². The fourth-order valence-corrected chi connectivity index (χ4v) is 3.84. The number of nitrogens with one attached hydrogen (secondary N) is 2. The van der Waals surface area contributed by atoms with E-state index in [9.17, 15) is 13.0 Å². The molecule has 6 nitrogen and oxygen atoms in total. The number of halogens is 2. The minimum absolute atomic E-state index is 0.120. The van der Waals surface area contributed by atoms with Gasteiger partial charge in [-0.15, -0.1) is 0 Å². The highest BCUT2D eigenvalue weighted by molar-refractivity contribution is 7.86. The van der Waals surface area contributed by atoms with Gasteiger partial charge in [0, 0.05) is 18.8 Å². The molecule has 4 rings (SSSR count). The van der Waals surface area contributed by atoms with Crippen molar-refractivity contribution in [1.29, 1.82) is 0 Å². The predicted octanol–water partition coefficient (Wildman–Crippen LogP) is 2.97. The summed E-state index contributed by atoms with van der Waals surface area (Å²) >= 11 is 0. The number of hydrogen-bond acceptors (Lipinski definition) is 4. The molecular formula is C16H15F2N5OS. The molecule has 0 aliphatic carbocycles. The lowest BCUT2D eigenvalue weighted by Crippen LogP contribution is -2.18. The third kappa shape index (κ3) is 3.07. The van der Waals surface area contributed by atoms with Gasteiger partial charge in [0.1, 0.15) is 11.6 Å². The van der Waals surface area contributed by atoms with Crippen molar-refractivity contribution in [1.82, 2.24) is 15.2 Å². The Bertz CT molecular complexity index is 955. The standard InChI is InChI=1S/C16H15F2N5OS/c17-10-7-12-15(19-9-10)20-21-16(12)25(24)22-14-8-11(3-4-13(14)18)23-5-1-2-6-23/h3-4,7-9,22H,1-2,5-6H2,(H,19,20,21). The Kier molecular flexibility index (Phi) is 4.08. The zero-order chi connectivity index (χ0) is 17.4. The lowest BCUT2D eigenvalue weighted by atomic mass is 10.2. The molecule has 0 radical (unpaired) electrons. The van der Waals surface area contributed by atoms with Gasteiger partial charge in [0.15, 0.2) is 21.7 Å². The van der Waals surface area contributed by atoms with Crippen LogP contribution in [0.4, 0.5) is 20.2 Å². The van der Waals surface area contributed by atoms with Gasteiger partial charge in [-0.05, 0) is 37.1 Å². The molecule has 130 valence electrons. The van der Waals surface area contributed by atoms with E-state index >= 15 is 0 Å². The summed E-state index contributed by atoms with van der Waals surface area (Å²) in [6.07, 6.45) is 3.23. The molecule has 1 aliphatic rings. The number of aromatic nitrogens is 3. The van der Waals surface area contributed by atoms with Crippen molar-refractivity contribution in [3.63, 3.8) is 0 Å². The van der Waals surface area contributed by atoms with Crippen molar-refractivity contribution in [3.05, 3.63) is 42.1 Å². The van der Waals surface area contributed by atoms with Crippen LogP contribution in [0.5, 0.6) is 0 Å². The average Bonchev–Trinajstić information content (AvgIpc) is 3.26. The van der Waals surface area contributed by atoms with Gasteiger partial charge >= 0.3 is 0 Å². The minimum Gasteiger partial charge on any atom is -0.371 e. The fraction of sp³-hybridized carbons (Fsp3) is 0.250. The molecule has 1 atom stereocenters. The van der Waals surface area contributed by atoms with Gasteiger partial charge < -0.3 is 4.90 Å². The van der Waals surface area contributed by atoms with E-state index in [1.54, 1.807) is 12.1 Å². The number of hydrogen-bond donors (Lipinski definition) is 2. The van der Waals surface area contributed by atoms with Crippen molar-refractivity contribution in [2.45, 2.75) is 17.9 Å². The van der Waals surface area contributed by atoms with Crippen LogP contribution in [0.25, 0.3) is 11.0 Å². The summed E-state index contributed by atoms with van der Waals surface area (Å²) in [5.74, 6) is -1.07. The summed E-state index contributed by atoms with van der Waals surface area (Å²) in [5.41, 5.74) is 1.24. The maximum Gasteiger partial charge on any atom is 0.182 e. The van der Waals surface area contributed by atoms with E-state index in [-0.39, 0.29) is 16.4 Å². The molecule has 1 fully saturated rings. The van der Waals surface area contributed by atoms with Gasteiger partial charge in [0.25, 0.3) is 0 Å². The Morgan fingerprint density at radius 2 is 2.00 bits per heavy atom. The molecule has 0 saturated carbocycles. The first-order valence-electron chi connectivity index (χ1n) is 7.84. The average molecular weight is 363 g/mol. The van der Waals surface area contributed by atoms with Gasteiger partial charge in [0.2, 0.25) is 0 Å². The largest absolute Gasteiger partial charge is 0.371 e. The number of pyridine rings is 1. The van der Waals surface area contributed by atoms with E-state index < -0.39 is 22.6 Å². The van der Waals surface area contributed by atoms with Crippen LogP contribution in [0, 0.1) is 11.6 Å². The summed E-state index contributed by atoms with van der Waals surface area (Å²) in [6, 6.07) is 5.88. The van der Waals surface area contributed by atoms with Gasteiger partial charge in [-0.1, -0.05) is 0 Å². The number of rotatable bonds is 4. The van der Waals surface area contributed by atoms with Gasteiger partial charge in [-0.3, -0.25) is 9.82 Å². The van der Waals surface area contributed by atoms with Gasteiger partial charge in [-0.2, -0.15) is 5.10 Å². The van der Waals surface area contributed by atoms with E-state index in [2.05, 4.69) is 24.8 Å². The number of anilines is 2. The topological polar surface area (TPSA) is 73.9 Å². The van der Waals surface area contributed by atoms with Crippen molar-refractivity contribution >= 4 is 33.4 Å². The fourth-order valence-electron chi connectivity index (χ4n) is 2.91. The maximum atomic E-state index is 14.1. The van der Waals surface area contributed by atoms with Crippen molar-refractivity contribution in [2.24, 2.45) is 0 Å². The Labute approximate surface area is 144 Å². The Morgan fingerprint density at radius 1 is 1.20 bits per heavy atom. The molecule has 1 aromatic carbocycles. The zero-order valence-electron chi connectivity index (χ0n) is 13.1. The first-order valence-corrected chi connectivity index (χ1v) is 8.99. The van der Waals surface area contributed by atoms with Crippen LogP contribution < -0.4 is 9.62 Å². The lowest BCUT2D eigenvalue weighted by molar-refractivity contribution is 0.624. The zero-order valence-corrected chi connectivity index (χ0v) is 13.9. The van der Waals surface area contributed by atoms with E-state index in [0.717, 1.165) is 37.8 Å². The quantitative estimate of drug-likeness (QED) is 0.747. The first-order chi connectivity index (χ1) is 12.1. The van der Waals surface area contributed by atoms with E-state index in [1.165, 1.54) is 12.1 Å². The molecule has 1 saturated heterocycles. The maximum absolute atomic E-state index is 14.1. The smallest absolute Gasteiger partial charge is 0.182 e. The molecule has 0 spiro atoms. The number of H-pyrrole nitrogens is 1. The number of aromatic amines is 1. The second kappa shape index (κ2) is 6.40. The molecule has 1 unspecified atom stereocenters. The SMILES string of the molecule is O=S(Nc1cc(N2CCCC2)ccc1F)c1[nH]nc2ncc(F)cc12. The number of fused-ring (bicyclic) bond motifs is 1. The normalized spacial score (nSPS) is 15.7. The number of benzene rings is 1. The Hall–Kier alpha value is -2.55. The Morgan fingerprint density at radius 3 is 2.80 bits per heavy atom. The molecule has 25 heavy (non-hydrogen) atoms. The molecule has 1 aliphatic heterocycles. The van der Waals surface area contributed by atoms with Crippen molar-refractivity contribution in [2.75, 3.05) is 22.7 Å². The predicted molar refractivity (Wildman–Crippen MR) is 91.7 cm³/mol. The van der Waals surface area contributed by atoms with Crippen molar-refractivity contribution < 1.29 is 13.0 Å². The van der Waals surface area contributed by atoms with Gasteiger partial charge in [-0.25, -0.2) is 18.0 Å². The molecular weight excluding hydrogens is 348 g/mol. The molecule has 2 N–H and O–H groups in total. The second-order valence-electron chi connectivity index (χ2n) is 5.81. The highest BCUT2D eigenvalue weighted by atomic mass is 32.2. The molecule has 0 amide bonds. The lowest BCUT2D eigenvalue weighted by Gasteiger charge is -2.18. The summed E-state index contributed by atoms with van der Waals surface area (Å²) in [5, 5.41) is 6.90. The third-order valence-electron chi connectivity index (χ3n) is 4.15. The van der Waals surface area contributed by atoms with Crippen LogP contribution in [0.15, 0.2) is 35.5 Å². The highest BCUT2D eigenvalue weighted by Gasteiger charge is 2.18. The molecule has 0 bridgehead atoms. The molecule has 9 heteroatoms. The van der Waals surface area contributed by atoms with E-state index in [4.69, 9.17) is 0 Å².